The minimum atomic E-state index is -5.24. The standard InChI is InChI=1S/C26H8F12N4/c27-23(28,29)13-1-11(2-14(5-13)24(30,31)32)17-7-19-20(21(17)41-9-39)8-18(22(19)42-10-40)12-3-15(25(33,34)35)6-16(4-12)26(36,37)38/h1-8H. The smallest absolute Gasteiger partial charge is 0.172 e. The van der Waals surface area contributed by atoms with Crippen LogP contribution in [0.3, 0.4) is 0 Å². The van der Waals surface area contributed by atoms with Gasteiger partial charge >= 0.3 is 24.7 Å². The maximum absolute atomic E-state index is 13.4. The molecule has 0 saturated heterocycles. The van der Waals surface area contributed by atoms with E-state index < -0.39 is 79.9 Å². The highest BCUT2D eigenvalue weighted by molar-refractivity contribution is 5.71. The Morgan fingerprint density at radius 1 is 0.429 bits per heavy atom. The van der Waals surface area contributed by atoms with Crippen molar-refractivity contribution in [2.24, 2.45) is 9.98 Å². The molecule has 16 heteroatoms. The van der Waals surface area contributed by atoms with Crippen molar-refractivity contribution in [2.45, 2.75) is 24.7 Å². The summed E-state index contributed by atoms with van der Waals surface area (Å²) in [6.45, 7) is 0. The third-order valence-electron chi connectivity index (χ3n) is 6.01. The number of nitrogens with zero attached hydrogens (tertiary/aromatic N) is 4. The number of alkyl halides is 12. The van der Waals surface area contributed by atoms with Gasteiger partial charge in [-0.1, -0.05) is 0 Å². The molecule has 0 bridgehead atoms. The largest absolute Gasteiger partial charge is 0.416 e. The first kappa shape index (κ1) is 30.1. The van der Waals surface area contributed by atoms with Crippen molar-refractivity contribution < 1.29 is 52.7 Å². The van der Waals surface area contributed by atoms with Crippen LogP contribution in [0.2, 0.25) is 0 Å². The van der Waals surface area contributed by atoms with Gasteiger partial charge in [0, 0.05) is 21.6 Å². The molecule has 4 nitrogen and oxygen atoms in total. The second kappa shape index (κ2) is 9.90. The Kier molecular flexibility index (Phi) is 7.10. The number of rotatable bonds is 2. The minimum absolute atomic E-state index is 0.145. The molecule has 4 rings (SSSR count). The Bertz CT molecular complexity index is 1750. The molecule has 0 heterocycles. The van der Waals surface area contributed by atoms with Crippen molar-refractivity contribution in [3.8, 4) is 34.6 Å². The maximum Gasteiger partial charge on any atom is 0.416 e. The van der Waals surface area contributed by atoms with Gasteiger partial charge in [0.15, 0.2) is 0 Å². The predicted octanol–water partition coefficient (Wildman–Crippen LogP) is 7.46. The second-order valence-electron chi connectivity index (χ2n) is 8.65. The molecule has 0 fully saturated rings. The van der Waals surface area contributed by atoms with Crippen LogP contribution >= 0.6 is 0 Å². The van der Waals surface area contributed by atoms with Crippen LogP contribution in [0.1, 0.15) is 22.3 Å². The summed E-state index contributed by atoms with van der Waals surface area (Å²) >= 11 is 0. The number of hydrogen-bond acceptors (Lipinski definition) is 4. The van der Waals surface area contributed by atoms with Gasteiger partial charge in [0.1, 0.15) is 0 Å². The summed E-state index contributed by atoms with van der Waals surface area (Å²) in [4.78, 5) is 6.87. The van der Waals surface area contributed by atoms with Crippen molar-refractivity contribution in [3.05, 3.63) is 91.9 Å². The fourth-order valence-corrected chi connectivity index (χ4v) is 4.26. The monoisotopic (exact) mass is 604 g/mol. The molecule has 2 aromatic carbocycles. The topological polar surface area (TPSA) is 72.3 Å². The summed E-state index contributed by atoms with van der Waals surface area (Å²) < 4.78 is 161. The Morgan fingerprint density at radius 3 is 0.905 bits per heavy atom. The van der Waals surface area contributed by atoms with Crippen LogP contribution in [0.5, 0.6) is 0 Å². The molecular weight excluding hydrogens is 596 g/mol. The lowest BCUT2D eigenvalue weighted by atomic mass is 9.98. The van der Waals surface area contributed by atoms with E-state index in [1.54, 1.807) is 0 Å². The third kappa shape index (κ3) is 5.65. The summed E-state index contributed by atoms with van der Waals surface area (Å²) in [5.41, 5.74) is -9.21. The maximum atomic E-state index is 13.4. The molecule has 2 aliphatic carbocycles. The van der Waals surface area contributed by atoms with Crippen molar-refractivity contribution in [1.82, 2.24) is 0 Å². The quantitative estimate of drug-likeness (QED) is 0.176. The van der Waals surface area contributed by atoms with Crippen LogP contribution < -0.4 is 10.7 Å². The van der Waals surface area contributed by atoms with E-state index in [4.69, 9.17) is 0 Å². The first-order valence-corrected chi connectivity index (χ1v) is 11.0. The van der Waals surface area contributed by atoms with E-state index in [-0.39, 0.29) is 22.6 Å². The van der Waals surface area contributed by atoms with E-state index in [1.807, 2.05) is 0 Å². The van der Waals surface area contributed by atoms with Gasteiger partial charge in [0.25, 0.3) is 0 Å². The molecule has 0 aromatic heterocycles. The van der Waals surface area contributed by atoms with Crippen LogP contribution in [0.25, 0.3) is 22.3 Å². The molecule has 0 radical (unpaired) electrons. The van der Waals surface area contributed by atoms with E-state index in [2.05, 4.69) is 9.98 Å². The Balaban J connectivity index is 2.11. The molecular formula is C26H8F12N4. The summed E-state index contributed by atoms with van der Waals surface area (Å²) in [6, 6.07) is 2.84. The lowest BCUT2D eigenvalue weighted by Gasteiger charge is -2.14. The highest BCUT2D eigenvalue weighted by Gasteiger charge is 2.38. The fourth-order valence-electron chi connectivity index (χ4n) is 4.26. The Hall–Kier alpha value is -4.86. The zero-order valence-electron chi connectivity index (χ0n) is 19.9. The fraction of sp³-hybridized carbons (Fsp3) is 0.154. The molecule has 0 amide bonds. The van der Waals surface area contributed by atoms with Gasteiger partial charge in [-0.05, 0) is 59.7 Å². The van der Waals surface area contributed by atoms with E-state index in [0.717, 1.165) is 12.1 Å². The van der Waals surface area contributed by atoms with Crippen LogP contribution in [0.4, 0.5) is 52.7 Å². The molecule has 0 atom stereocenters. The zero-order valence-corrected chi connectivity index (χ0v) is 19.9. The lowest BCUT2D eigenvalue weighted by molar-refractivity contribution is -0.144. The van der Waals surface area contributed by atoms with Gasteiger partial charge in [-0.2, -0.15) is 73.2 Å². The van der Waals surface area contributed by atoms with Gasteiger partial charge in [0.2, 0.25) is 12.4 Å². The van der Waals surface area contributed by atoms with Gasteiger partial charge in [0.05, 0.1) is 33.0 Å². The van der Waals surface area contributed by atoms with Gasteiger partial charge in [-0.15, -0.1) is 0 Å². The molecule has 0 spiro atoms. The predicted molar refractivity (Wildman–Crippen MR) is 117 cm³/mol. The first-order valence-electron chi connectivity index (χ1n) is 11.0. The van der Waals surface area contributed by atoms with E-state index >= 15 is 0 Å². The van der Waals surface area contributed by atoms with E-state index in [1.165, 1.54) is 12.4 Å². The van der Waals surface area contributed by atoms with Crippen LogP contribution in [0, 0.1) is 33.3 Å². The Labute approximate surface area is 225 Å². The number of benzene rings is 2. The lowest BCUT2D eigenvalue weighted by Crippen LogP contribution is -2.12. The van der Waals surface area contributed by atoms with Gasteiger partial charge in [-0.3, -0.25) is 0 Å². The molecule has 0 saturated carbocycles. The normalized spacial score (nSPS) is 14.0. The zero-order chi connectivity index (χ0) is 31.4. The molecule has 0 unspecified atom stereocenters. The molecule has 2 aromatic rings. The number of nitriles is 2. The molecule has 0 aliphatic heterocycles. The van der Waals surface area contributed by atoms with Crippen LogP contribution in [-0.2, 0) is 24.7 Å². The number of hydrogen-bond donors (Lipinski definition) is 0. The molecule has 216 valence electrons. The number of halogens is 12. The third-order valence-corrected chi connectivity index (χ3v) is 6.01. The average molecular weight is 604 g/mol. The second-order valence-corrected chi connectivity index (χ2v) is 8.65. The molecule has 2 aliphatic rings. The van der Waals surface area contributed by atoms with Crippen LogP contribution in [0.15, 0.2) is 58.5 Å². The molecule has 42 heavy (non-hydrogen) atoms. The van der Waals surface area contributed by atoms with Crippen molar-refractivity contribution in [3.63, 3.8) is 0 Å². The van der Waals surface area contributed by atoms with Crippen molar-refractivity contribution >= 4 is 0 Å². The van der Waals surface area contributed by atoms with Gasteiger partial charge in [-0.25, -0.2) is 0 Å². The summed E-state index contributed by atoms with van der Waals surface area (Å²) in [6.07, 6.45) is -18.3. The van der Waals surface area contributed by atoms with E-state index in [9.17, 15) is 63.2 Å². The van der Waals surface area contributed by atoms with Crippen molar-refractivity contribution in [1.29, 1.82) is 10.5 Å². The summed E-state index contributed by atoms with van der Waals surface area (Å²) in [7, 11) is 0. The average Bonchev–Trinajstić information content (AvgIpc) is 3.39. The van der Waals surface area contributed by atoms with Crippen LogP contribution in [-0.4, -0.2) is 0 Å². The van der Waals surface area contributed by atoms with Gasteiger partial charge < -0.3 is 0 Å². The van der Waals surface area contributed by atoms with E-state index in [0.29, 0.717) is 24.3 Å². The van der Waals surface area contributed by atoms with Crippen molar-refractivity contribution in [2.75, 3.05) is 0 Å². The molecule has 0 N–H and O–H groups in total. The highest BCUT2D eigenvalue weighted by atomic mass is 19.4. The Morgan fingerprint density at radius 2 is 0.690 bits per heavy atom. The highest BCUT2D eigenvalue weighted by Crippen LogP contribution is 2.40. The summed E-state index contributed by atoms with van der Waals surface area (Å²) in [5, 5.41) is 16.7. The summed E-state index contributed by atoms with van der Waals surface area (Å²) in [5.74, 6) is 0. The minimum Gasteiger partial charge on any atom is -0.172 e. The first-order chi connectivity index (χ1) is 19.3. The SMILES string of the molecule is N#CN=c1c(-c2cc(C(F)(F)F)cc(C(F)(F)F)c2)cc2c(=NC#N)c(-c3cc(C(F)(F)F)cc(C(F)(F)F)c3)cc1=2.